The Balaban J connectivity index is 1.40. The standard InChI is InChI=1S/C27H34N4O6/c1-27(2)15-12-31(26(36)18-11-14-16(29-18)7-5-9-20(14)37-3)22(21(15)27)25(35)30-17(23(33)24(28)34)10-13-6-4-8-19(13)32/h5,7,9,11,13,15,17,21-23,29,33H,4,6,8,10,12H2,1-3H3,(H2,28,34)(H,30,35)/t13-,15-,17-,21-,22-,23?/m0/s1. The smallest absolute Gasteiger partial charge is 0.271 e. The lowest BCUT2D eigenvalue weighted by Crippen LogP contribution is -2.56. The number of ether oxygens (including phenoxy) is 1. The molecule has 5 N–H and O–H groups in total. The second kappa shape index (κ2) is 9.16. The summed E-state index contributed by atoms with van der Waals surface area (Å²) in [5.74, 6) is -1.27. The van der Waals surface area contributed by atoms with E-state index in [0.717, 1.165) is 17.3 Å². The molecule has 2 aromatic rings. The molecule has 1 aromatic carbocycles. The summed E-state index contributed by atoms with van der Waals surface area (Å²) in [6.07, 6.45) is 0.346. The van der Waals surface area contributed by atoms with Gasteiger partial charge in [-0.05, 0) is 54.7 Å². The summed E-state index contributed by atoms with van der Waals surface area (Å²) in [6.45, 7) is 4.57. The van der Waals surface area contributed by atoms with E-state index in [0.29, 0.717) is 30.8 Å². The third kappa shape index (κ3) is 4.27. The molecule has 37 heavy (non-hydrogen) atoms. The number of piperidine rings is 1. The van der Waals surface area contributed by atoms with Crippen LogP contribution in [0.2, 0.25) is 0 Å². The summed E-state index contributed by atoms with van der Waals surface area (Å²) in [6, 6.07) is 5.44. The minimum atomic E-state index is -1.63. The van der Waals surface area contributed by atoms with Crippen LogP contribution in [0.25, 0.3) is 10.9 Å². The van der Waals surface area contributed by atoms with Gasteiger partial charge in [0.2, 0.25) is 11.8 Å². The number of methoxy groups -OCH3 is 1. The van der Waals surface area contributed by atoms with Crippen molar-refractivity contribution in [1.29, 1.82) is 0 Å². The van der Waals surface area contributed by atoms with E-state index < -0.39 is 30.0 Å². The lowest BCUT2D eigenvalue weighted by atomic mass is 9.93. The molecule has 2 aliphatic carbocycles. The summed E-state index contributed by atoms with van der Waals surface area (Å²) in [4.78, 5) is 56.1. The number of Topliss-reactive ketones (excluding diaryl/α,β-unsaturated/α-hetero) is 1. The van der Waals surface area contributed by atoms with E-state index in [1.807, 2.05) is 18.2 Å². The van der Waals surface area contributed by atoms with E-state index >= 15 is 0 Å². The van der Waals surface area contributed by atoms with E-state index in [1.165, 1.54) is 0 Å². The van der Waals surface area contributed by atoms with Crippen LogP contribution in [-0.2, 0) is 14.4 Å². The number of benzene rings is 1. The lowest BCUT2D eigenvalue weighted by Gasteiger charge is -2.32. The highest BCUT2D eigenvalue weighted by Gasteiger charge is 2.69. The van der Waals surface area contributed by atoms with Gasteiger partial charge in [0, 0.05) is 29.8 Å². The first kappa shape index (κ1) is 25.3. The molecule has 5 rings (SSSR count). The Kier molecular flexibility index (Phi) is 6.26. The number of carbonyl (C=O) groups excluding carboxylic acids is 4. The third-order valence-corrected chi connectivity index (χ3v) is 8.78. The zero-order chi connectivity index (χ0) is 26.6. The summed E-state index contributed by atoms with van der Waals surface area (Å²) >= 11 is 0. The Hall–Kier alpha value is -3.40. The summed E-state index contributed by atoms with van der Waals surface area (Å²) in [5, 5.41) is 14.1. The van der Waals surface area contributed by atoms with E-state index in [4.69, 9.17) is 10.5 Å². The molecule has 2 saturated carbocycles. The number of rotatable bonds is 8. The average Bonchev–Trinajstić information content (AvgIpc) is 3.38. The first-order valence-electron chi connectivity index (χ1n) is 12.8. The fourth-order valence-corrected chi connectivity index (χ4v) is 6.55. The van der Waals surface area contributed by atoms with Crippen molar-refractivity contribution in [2.24, 2.45) is 28.9 Å². The van der Waals surface area contributed by atoms with Crippen molar-refractivity contribution in [2.45, 2.75) is 57.7 Å². The van der Waals surface area contributed by atoms with Crippen LogP contribution in [-0.4, -0.2) is 70.3 Å². The minimum Gasteiger partial charge on any atom is -0.496 e. The first-order chi connectivity index (χ1) is 17.5. The summed E-state index contributed by atoms with van der Waals surface area (Å²) in [7, 11) is 1.57. The largest absolute Gasteiger partial charge is 0.496 e. The quantitative estimate of drug-likeness (QED) is 0.420. The number of primary amides is 1. The van der Waals surface area contributed by atoms with Crippen LogP contribution >= 0.6 is 0 Å². The van der Waals surface area contributed by atoms with Gasteiger partial charge in [-0.3, -0.25) is 19.2 Å². The number of H-pyrrole nitrogens is 1. The number of likely N-dealkylation sites (tertiary alicyclic amines) is 1. The molecule has 10 heteroatoms. The molecular formula is C27H34N4O6. The number of nitrogens with zero attached hydrogens (tertiary/aromatic N) is 1. The molecule has 1 aromatic heterocycles. The zero-order valence-corrected chi connectivity index (χ0v) is 21.3. The third-order valence-electron chi connectivity index (χ3n) is 8.78. The van der Waals surface area contributed by atoms with Crippen molar-refractivity contribution < 1.29 is 29.0 Å². The fourth-order valence-electron chi connectivity index (χ4n) is 6.55. The van der Waals surface area contributed by atoms with Crippen LogP contribution in [0.1, 0.15) is 50.0 Å². The van der Waals surface area contributed by atoms with Gasteiger partial charge in [0.05, 0.1) is 13.2 Å². The highest BCUT2D eigenvalue weighted by atomic mass is 16.5. The predicted octanol–water partition coefficient (Wildman–Crippen LogP) is 1.36. The number of amides is 3. The van der Waals surface area contributed by atoms with Crippen molar-refractivity contribution in [3.8, 4) is 5.75 Å². The number of ketones is 1. The van der Waals surface area contributed by atoms with Gasteiger partial charge >= 0.3 is 0 Å². The Bertz CT molecular complexity index is 1270. The van der Waals surface area contributed by atoms with Crippen molar-refractivity contribution in [1.82, 2.24) is 15.2 Å². The molecule has 0 spiro atoms. The van der Waals surface area contributed by atoms with Gasteiger partial charge in [0.1, 0.15) is 23.3 Å². The molecular weight excluding hydrogens is 476 g/mol. The number of fused-ring (bicyclic) bond motifs is 2. The van der Waals surface area contributed by atoms with Crippen molar-refractivity contribution in [3.63, 3.8) is 0 Å². The maximum Gasteiger partial charge on any atom is 0.271 e. The summed E-state index contributed by atoms with van der Waals surface area (Å²) < 4.78 is 5.41. The van der Waals surface area contributed by atoms with E-state index in [2.05, 4.69) is 24.1 Å². The van der Waals surface area contributed by atoms with Crippen molar-refractivity contribution in [3.05, 3.63) is 30.0 Å². The SMILES string of the molecule is COc1cccc2[nH]c(C(=O)N3C[C@H]4[C@@H]([C@H]3C(=O)N[C@@H](C[C@@H]3CCCC3=O)C(O)C(N)=O)C4(C)C)cc12. The molecule has 0 radical (unpaired) electrons. The second-order valence-electron chi connectivity index (χ2n) is 11.2. The van der Waals surface area contributed by atoms with Gasteiger partial charge < -0.3 is 30.8 Å². The number of nitrogens with one attached hydrogen (secondary N) is 2. The minimum absolute atomic E-state index is 0.0603. The van der Waals surface area contributed by atoms with Gasteiger partial charge in [0.15, 0.2) is 6.10 Å². The van der Waals surface area contributed by atoms with Crippen LogP contribution in [0.5, 0.6) is 5.75 Å². The Morgan fingerprint density at radius 1 is 1.32 bits per heavy atom. The molecule has 10 nitrogen and oxygen atoms in total. The maximum atomic E-state index is 13.7. The molecule has 198 valence electrons. The lowest BCUT2D eigenvalue weighted by molar-refractivity contribution is -0.133. The summed E-state index contributed by atoms with van der Waals surface area (Å²) in [5.41, 5.74) is 6.34. The Morgan fingerprint density at radius 2 is 2.08 bits per heavy atom. The maximum absolute atomic E-state index is 13.7. The normalized spacial score (nSPS) is 27.6. The first-order valence-corrected chi connectivity index (χ1v) is 12.8. The van der Waals surface area contributed by atoms with Crippen LogP contribution in [0.15, 0.2) is 24.3 Å². The van der Waals surface area contributed by atoms with Gasteiger partial charge in [-0.2, -0.15) is 0 Å². The van der Waals surface area contributed by atoms with E-state index in [9.17, 15) is 24.3 Å². The molecule has 1 aliphatic heterocycles. The number of hydrogen-bond acceptors (Lipinski definition) is 6. The van der Waals surface area contributed by atoms with Gasteiger partial charge in [-0.25, -0.2) is 0 Å². The van der Waals surface area contributed by atoms with Gasteiger partial charge in [0.25, 0.3) is 5.91 Å². The molecule has 3 fully saturated rings. The monoisotopic (exact) mass is 510 g/mol. The molecule has 3 amide bonds. The molecule has 0 bridgehead atoms. The van der Waals surface area contributed by atoms with Crippen LogP contribution in [0.3, 0.4) is 0 Å². The number of carbonyl (C=O) groups is 4. The molecule has 2 heterocycles. The molecule has 3 aliphatic rings. The predicted molar refractivity (Wildman–Crippen MR) is 135 cm³/mol. The fraction of sp³-hybridized carbons (Fsp3) is 0.556. The van der Waals surface area contributed by atoms with E-state index in [-0.39, 0.29) is 41.3 Å². The number of aromatic nitrogens is 1. The number of nitrogens with two attached hydrogens (primary N) is 1. The van der Waals surface area contributed by atoms with Gasteiger partial charge in [-0.15, -0.1) is 0 Å². The van der Waals surface area contributed by atoms with Crippen molar-refractivity contribution in [2.75, 3.05) is 13.7 Å². The Morgan fingerprint density at radius 3 is 2.73 bits per heavy atom. The number of aliphatic hydroxyl groups is 1. The molecule has 6 atom stereocenters. The topological polar surface area (TPSA) is 155 Å². The number of aliphatic hydroxyl groups excluding tert-OH is 1. The molecule has 1 saturated heterocycles. The highest BCUT2D eigenvalue weighted by Crippen LogP contribution is 2.65. The molecule has 1 unspecified atom stereocenters. The Labute approximate surface area is 214 Å². The van der Waals surface area contributed by atoms with Crippen LogP contribution < -0.4 is 15.8 Å². The number of hydrogen-bond donors (Lipinski definition) is 4. The van der Waals surface area contributed by atoms with Gasteiger partial charge in [-0.1, -0.05) is 19.9 Å². The average molecular weight is 511 g/mol. The highest BCUT2D eigenvalue weighted by molar-refractivity contribution is 6.02. The van der Waals surface area contributed by atoms with E-state index in [1.54, 1.807) is 18.1 Å². The zero-order valence-electron chi connectivity index (χ0n) is 21.3. The van der Waals surface area contributed by atoms with Crippen LogP contribution in [0.4, 0.5) is 0 Å². The van der Waals surface area contributed by atoms with Crippen LogP contribution in [0, 0.1) is 23.2 Å². The van der Waals surface area contributed by atoms with Crippen molar-refractivity contribution >= 4 is 34.4 Å². The second-order valence-corrected chi connectivity index (χ2v) is 11.2. The number of aromatic amines is 1.